The summed E-state index contributed by atoms with van der Waals surface area (Å²) < 4.78 is 0. The molecule has 0 unspecified atom stereocenters. The molecule has 0 aromatic heterocycles. The van der Waals surface area contributed by atoms with Crippen LogP contribution in [-0.2, 0) is 22.4 Å². The predicted octanol–water partition coefficient (Wildman–Crippen LogP) is 6.40. The molecule has 0 spiro atoms. The maximum Gasteiger partial charge on any atom is 0.269 e. The van der Waals surface area contributed by atoms with Crippen molar-refractivity contribution in [3.63, 3.8) is 0 Å². The van der Waals surface area contributed by atoms with Crippen LogP contribution in [0.5, 0.6) is 0 Å². The number of rotatable bonds is 8. The van der Waals surface area contributed by atoms with E-state index in [-0.39, 0.29) is 11.5 Å². The first-order chi connectivity index (χ1) is 17.5. The number of para-hydroxylation sites is 1. The minimum absolute atomic E-state index is 0.0739. The number of hydrogen-bond donors (Lipinski definition) is 1. The van der Waals surface area contributed by atoms with Gasteiger partial charge in [0.15, 0.2) is 0 Å². The molecule has 1 heterocycles. The summed E-state index contributed by atoms with van der Waals surface area (Å²) in [7, 11) is 0. The van der Waals surface area contributed by atoms with Crippen LogP contribution in [0, 0.1) is 18.3 Å². The first-order valence-corrected chi connectivity index (χ1v) is 13.0. The number of nitriles is 1. The quantitative estimate of drug-likeness (QED) is 0.290. The van der Waals surface area contributed by atoms with Gasteiger partial charge in [0.25, 0.3) is 5.91 Å². The lowest BCUT2D eigenvalue weighted by molar-refractivity contribution is -0.117. The predicted molar refractivity (Wildman–Crippen MR) is 147 cm³/mol. The third-order valence-electron chi connectivity index (χ3n) is 6.09. The van der Waals surface area contributed by atoms with Gasteiger partial charge >= 0.3 is 0 Å². The number of benzene rings is 3. The molecule has 0 bridgehead atoms. The second kappa shape index (κ2) is 11.7. The fourth-order valence-electron chi connectivity index (χ4n) is 4.07. The second-order valence-electron chi connectivity index (χ2n) is 8.85. The Morgan fingerprint density at radius 2 is 1.67 bits per heavy atom. The molecule has 3 aromatic rings. The molecule has 1 N–H and O–H groups in total. The monoisotopic (exact) mass is 495 g/mol. The van der Waals surface area contributed by atoms with Crippen LogP contribution < -0.4 is 10.2 Å². The van der Waals surface area contributed by atoms with Crippen molar-refractivity contribution in [2.45, 2.75) is 44.8 Å². The summed E-state index contributed by atoms with van der Waals surface area (Å²) in [6, 6.07) is 27.0. The van der Waals surface area contributed by atoms with Crippen LogP contribution in [-0.4, -0.2) is 17.1 Å². The number of anilines is 2. The van der Waals surface area contributed by atoms with Crippen molar-refractivity contribution in [3.05, 3.63) is 106 Å². The van der Waals surface area contributed by atoms with Crippen molar-refractivity contribution in [3.8, 4) is 6.07 Å². The summed E-state index contributed by atoms with van der Waals surface area (Å²) in [5.74, 6) is -0.661. The Bertz CT molecular complexity index is 1290. The Hall–Kier alpha value is -3.82. The largest absolute Gasteiger partial charge is 0.321 e. The minimum Gasteiger partial charge on any atom is -0.321 e. The molecule has 1 saturated heterocycles. The van der Waals surface area contributed by atoms with E-state index in [9.17, 15) is 14.9 Å². The zero-order valence-corrected chi connectivity index (χ0v) is 21.3. The standard InChI is InChI=1S/C30H29N3O2S/c1-3-4-8-22-13-15-23(16-14-22)19-27-29(35)33(25-9-6-5-7-10-25)30(36-27)26(20-31)28(34)32-24-17-11-21(2)12-18-24/h5-7,9-18,27H,3-4,8,19H2,1-2H3,(H,32,34)/b30-26-/t27-/m1/s1. The van der Waals surface area contributed by atoms with Gasteiger partial charge in [-0.3, -0.25) is 14.5 Å². The van der Waals surface area contributed by atoms with E-state index in [4.69, 9.17) is 0 Å². The molecular weight excluding hydrogens is 466 g/mol. The number of aryl methyl sites for hydroxylation is 2. The van der Waals surface area contributed by atoms with Crippen molar-refractivity contribution in [1.82, 2.24) is 0 Å². The topological polar surface area (TPSA) is 73.2 Å². The number of carbonyl (C=O) groups excluding carboxylic acids is 2. The molecule has 1 aliphatic heterocycles. The highest BCUT2D eigenvalue weighted by Crippen LogP contribution is 2.42. The number of carbonyl (C=O) groups is 2. The average Bonchev–Trinajstić information content (AvgIpc) is 3.21. The van der Waals surface area contributed by atoms with Crippen molar-refractivity contribution >= 4 is 35.0 Å². The Morgan fingerprint density at radius 3 is 2.31 bits per heavy atom. The lowest BCUT2D eigenvalue weighted by atomic mass is 10.0. The van der Waals surface area contributed by atoms with E-state index in [1.165, 1.54) is 22.2 Å². The Labute approximate surface area is 216 Å². The second-order valence-corrected chi connectivity index (χ2v) is 10.0. The molecule has 36 heavy (non-hydrogen) atoms. The van der Waals surface area contributed by atoms with Crippen LogP contribution in [0.2, 0.25) is 0 Å². The van der Waals surface area contributed by atoms with Gasteiger partial charge in [-0.05, 0) is 61.6 Å². The lowest BCUT2D eigenvalue weighted by Crippen LogP contribution is -2.30. The van der Waals surface area contributed by atoms with Crippen LogP contribution in [0.1, 0.15) is 36.5 Å². The Balaban J connectivity index is 1.63. The van der Waals surface area contributed by atoms with E-state index in [1.54, 1.807) is 12.1 Å². The van der Waals surface area contributed by atoms with E-state index in [0.717, 1.165) is 30.4 Å². The molecular formula is C30H29N3O2S. The molecule has 0 radical (unpaired) electrons. The highest BCUT2D eigenvalue weighted by molar-refractivity contribution is 8.05. The van der Waals surface area contributed by atoms with E-state index in [0.29, 0.717) is 22.8 Å². The Morgan fingerprint density at radius 1 is 1.00 bits per heavy atom. The summed E-state index contributed by atoms with van der Waals surface area (Å²) in [4.78, 5) is 28.3. The maximum absolute atomic E-state index is 13.6. The van der Waals surface area contributed by atoms with Gasteiger partial charge in [-0.25, -0.2) is 0 Å². The molecule has 2 amide bonds. The molecule has 6 heteroatoms. The molecule has 1 fully saturated rings. The summed E-state index contributed by atoms with van der Waals surface area (Å²) >= 11 is 1.28. The maximum atomic E-state index is 13.6. The molecule has 182 valence electrons. The van der Waals surface area contributed by atoms with Gasteiger partial charge < -0.3 is 5.32 Å². The van der Waals surface area contributed by atoms with Crippen LogP contribution in [0.25, 0.3) is 0 Å². The van der Waals surface area contributed by atoms with Gasteiger partial charge in [0.05, 0.1) is 5.25 Å². The van der Waals surface area contributed by atoms with E-state index in [1.807, 2.05) is 49.4 Å². The molecule has 1 aliphatic rings. The van der Waals surface area contributed by atoms with E-state index >= 15 is 0 Å². The zero-order valence-electron chi connectivity index (χ0n) is 20.5. The molecule has 5 nitrogen and oxygen atoms in total. The van der Waals surface area contributed by atoms with Crippen LogP contribution in [0.3, 0.4) is 0 Å². The van der Waals surface area contributed by atoms with Gasteiger partial charge in [0.1, 0.15) is 16.7 Å². The van der Waals surface area contributed by atoms with Crippen LogP contribution in [0.15, 0.2) is 89.5 Å². The number of thioether (sulfide) groups is 1. The third-order valence-corrected chi connectivity index (χ3v) is 7.36. The van der Waals surface area contributed by atoms with Crippen LogP contribution >= 0.6 is 11.8 Å². The van der Waals surface area contributed by atoms with Gasteiger partial charge in [-0.1, -0.05) is 85.3 Å². The smallest absolute Gasteiger partial charge is 0.269 e. The SMILES string of the molecule is CCCCc1ccc(C[C@H]2S/C(=C(/C#N)C(=O)Nc3ccc(C)cc3)N(c3ccccc3)C2=O)cc1. The van der Waals surface area contributed by atoms with Crippen molar-refractivity contribution in [1.29, 1.82) is 5.26 Å². The summed E-state index contributed by atoms with van der Waals surface area (Å²) in [6.45, 7) is 4.14. The number of unbranched alkanes of at least 4 members (excludes halogenated alkanes) is 1. The van der Waals surface area contributed by atoms with Crippen LogP contribution in [0.4, 0.5) is 11.4 Å². The number of nitrogens with one attached hydrogen (secondary N) is 1. The molecule has 0 saturated carbocycles. The zero-order chi connectivity index (χ0) is 25.5. The normalized spacial score (nSPS) is 16.5. The molecule has 4 rings (SSSR count). The van der Waals surface area contributed by atoms with Crippen molar-refractivity contribution in [2.24, 2.45) is 0 Å². The first-order valence-electron chi connectivity index (χ1n) is 12.2. The number of nitrogens with zero attached hydrogens (tertiary/aromatic N) is 2. The van der Waals surface area contributed by atoms with Gasteiger partial charge in [-0.2, -0.15) is 5.26 Å². The summed E-state index contributed by atoms with van der Waals surface area (Å²) in [6.07, 6.45) is 3.86. The van der Waals surface area contributed by atoms with Crippen molar-refractivity contribution in [2.75, 3.05) is 10.2 Å². The lowest BCUT2D eigenvalue weighted by Gasteiger charge is -2.18. The van der Waals surface area contributed by atoms with Gasteiger partial charge in [0, 0.05) is 11.4 Å². The van der Waals surface area contributed by atoms with Gasteiger partial charge in [-0.15, -0.1) is 0 Å². The van der Waals surface area contributed by atoms with E-state index in [2.05, 4.69) is 42.6 Å². The van der Waals surface area contributed by atoms with E-state index < -0.39 is 11.2 Å². The fourth-order valence-corrected chi connectivity index (χ4v) is 5.37. The van der Waals surface area contributed by atoms with Gasteiger partial charge in [0.2, 0.25) is 5.91 Å². The first kappa shape index (κ1) is 25.3. The molecule has 0 aliphatic carbocycles. The summed E-state index contributed by atoms with van der Waals surface area (Å²) in [5, 5.41) is 12.7. The average molecular weight is 496 g/mol. The molecule has 3 aromatic carbocycles. The van der Waals surface area contributed by atoms with Crippen molar-refractivity contribution < 1.29 is 9.59 Å². The molecule has 1 atom stereocenters. The fraction of sp³-hybridized carbons (Fsp3) is 0.233. The number of amides is 2. The summed E-state index contributed by atoms with van der Waals surface area (Å²) in [5.41, 5.74) is 4.57. The minimum atomic E-state index is -0.529. The highest BCUT2D eigenvalue weighted by atomic mass is 32.2. The third kappa shape index (κ3) is 5.87. The highest BCUT2D eigenvalue weighted by Gasteiger charge is 2.40. The Kier molecular flexibility index (Phi) is 8.24. The number of hydrogen-bond acceptors (Lipinski definition) is 4.